The minimum absolute atomic E-state index is 0. The highest BCUT2D eigenvalue weighted by Crippen LogP contribution is 2.40. The zero-order chi connectivity index (χ0) is 55.6. The zero-order valence-corrected chi connectivity index (χ0v) is 45.2. The lowest BCUT2D eigenvalue weighted by molar-refractivity contribution is 0.0747. The highest BCUT2D eigenvalue weighted by Gasteiger charge is 2.25. The first-order valence-electron chi connectivity index (χ1n) is 26.4. The topological polar surface area (TPSA) is 219 Å². The quantitative estimate of drug-likeness (QED) is 0.0521. The summed E-state index contributed by atoms with van der Waals surface area (Å²) in [5.74, 6) is 5.94. The third-order valence-corrected chi connectivity index (χ3v) is 13.3. The van der Waals surface area contributed by atoms with Gasteiger partial charge in [-0.15, -0.1) is 0 Å². The van der Waals surface area contributed by atoms with Gasteiger partial charge in [-0.25, -0.2) is 0 Å². The molecule has 18 nitrogen and oxygen atoms in total. The van der Waals surface area contributed by atoms with E-state index in [9.17, 15) is 15.6 Å². The third kappa shape index (κ3) is 15.4. The van der Waals surface area contributed by atoms with E-state index < -0.39 is 6.10 Å². The van der Waals surface area contributed by atoms with Crippen LogP contribution in [0.15, 0.2) is 134 Å². The van der Waals surface area contributed by atoms with Gasteiger partial charge in [0.05, 0.1) is 68.6 Å². The lowest BCUT2D eigenvalue weighted by atomic mass is 10.1. The Morgan fingerprint density at radius 3 is 1.46 bits per heavy atom. The second-order valence-corrected chi connectivity index (χ2v) is 18.9. The number of aliphatic hydroxyl groups is 1. The molecule has 6 aromatic carbocycles. The molecule has 0 unspecified atom stereocenters. The maximum atomic E-state index is 10.5. The average Bonchev–Trinajstić information content (AvgIpc) is 3.95. The fourth-order valence-electron chi connectivity index (χ4n) is 9.02. The predicted octanol–water partition coefficient (Wildman–Crippen LogP) is 11.9. The number of likely N-dealkylation sites (tertiary alicyclic amines) is 1. The molecule has 2 atom stereocenters. The van der Waals surface area contributed by atoms with E-state index in [-0.39, 0.29) is 20.1 Å². The van der Waals surface area contributed by atoms with Gasteiger partial charge in [0.15, 0.2) is 46.0 Å². The number of β-amino-alcohol motifs (C(OH)–C–C–N with tert-alkyl or cyclic N) is 1. The molecule has 0 amide bonds. The molecule has 3 aliphatic rings. The molecule has 3 fully saturated rings. The molecule has 3 saturated heterocycles. The van der Waals surface area contributed by atoms with Crippen LogP contribution >= 0.6 is 0 Å². The number of anilines is 4. The summed E-state index contributed by atoms with van der Waals surface area (Å²) >= 11 is 0. The summed E-state index contributed by atoms with van der Waals surface area (Å²) in [7, 11) is 6.34. The van der Waals surface area contributed by atoms with E-state index >= 15 is 0 Å². The predicted molar refractivity (Wildman–Crippen MR) is 313 cm³/mol. The van der Waals surface area contributed by atoms with Crippen LogP contribution in [0, 0.1) is 22.7 Å². The van der Waals surface area contributed by atoms with Gasteiger partial charge in [0.25, 0.3) is 0 Å². The number of nitriles is 2. The summed E-state index contributed by atoms with van der Waals surface area (Å²) in [5, 5.41) is 41.4. The lowest BCUT2D eigenvalue weighted by Crippen LogP contribution is -2.33. The number of nitrogens with one attached hydrogen (secondary N) is 3. The number of aromatic nitrogens is 2. The fourth-order valence-corrected chi connectivity index (χ4v) is 9.02. The van der Waals surface area contributed by atoms with E-state index in [4.69, 9.17) is 42.6 Å². The van der Waals surface area contributed by atoms with Gasteiger partial charge in [0, 0.05) is 53.2 Å². The van der Waals surface area contributed by atoms with Crippen molar-refractivity contribution in [3.63, 3.8) is 0 Å². The van der Waals surface area contributed by atoms with Crippen molar-refractivity contribution < 1.29 is 47.7 Å². The van der Waals surface area contributed by atoms with Gasteiger partial charge in [-0.3, -0.25) is 9.97 Å². The van der Waals surface area contributed by atoms with E-state index in [1.165, 1.54) is 45.0 Å². The molecule has 18 heteroatoms. The molecule has 4 N–H and O–H groups in total. The van der Waals surface area contributed by atoms with Crippen molar-refractivity contribution >= 4 is 44.6 Å². The average molecular weight is 1100 g/mol. The Labute approximate surface area is 472 Å². The monoisotopic (exact) mass is 1100 g/mol. The van der Waals surface area contributed by atoms with Gasteiger partial charge in [-0.1, -0.05) is 31.7 Å². The molecule has 2 aromatic heterocycles. The van der Waals surface area contributed by atoms with Crippen molar-refractivity contribution in [1.29, 1.82) is 10.5 Å². The number of pyridine rings is 2. The van der Waals surface area contributed by atoms with Gasteiger partial charge in [0.2, 0.25) is 0 Å². The number of fused-ring (bicyclic) bond motifs is 2. The first-order chi connectivity index (χ1) is 39.2. The van der Waals surface area contributed by atoms with Gasteiger partial charge in [0.1, 0.15) is 49.1 Å². The largest absolute Gasteiger partial charge is 0.493 e. The molecule has 0 radical (unpaired) electrons. The summed E-state index contributed by atoms with van der Waals surface area (Å²) in [6.45, 7) is 6.39. The summed E-state index contributed by atoms with van der Waals surface area (Å²) in [4.78, 5) is 11.2. The molecule has 0 bridgehead atoms. The maximum Gasteiger partial charge on any atom is 0.169 e. The number of epoxide rings is 1. The molecule has 11 rings (SSSR count). The van der Waals surface area contributed by atoms with Crippen LogP contribution in [0.5, 0.6) is 57.5 Å². The van der Waals surface area contributed by atoms with Gasteiger partial charge in [-0.05, 0) is 137 Å². The van der Waals surface area contributed by atoms with E-state index in [1.54, 1.807) is 46.8 Å². The van der Waals surface area contributed by atoms with Gasteiger partial charge < -0.3 is 68.6 Å². The van der Waals surface area contributed by atoms with E-state index in [1.807, 2.05) is 109 Å². The van der Waals surface area contributed by atoms with Crippen molar-refractivity contribution in [2.45, 2.75) is 45.3 Å². The van der Waals surface area contributed by atoms with E-state index in [0.717, 1.165) is 29.9 Å². The smallest absolute Gasteiger partial charge is 0.169 e. The number of benzene rings is 6. The minimum Gasteiger partial charge on any atom is -0.493 e. The van der Waals surface area contributed by atoms with Crippen LogP contribution in [0.2, 0.25) is 0 Å². The van der Waals surface area contributed by atoms with Crippen molar-refractivity contribution in [1.82, 2.24) is 20.2 Å². The van der Waals surface area contributed by atoms with Crippen LogP contribution in [0.3, 0.4) is 0 Å². The van der Waals surface area contributed by atoms with Gasteiger partial charge >= 0.3 is 0 Å². The Kier molecular flexibility index (Phi) is 20.6. The van der Waals surface area contributed by atoms with Crippen molar-refractivity contribution in [2.24, 2.45) is 0 Å². The van der Waals surface area contributed by atoms with Crippen molar-refractivity contribution in [3.05, 3.63) is 145 Å². The van der Waals surface area contributed by atoms with Crippen LogP contribution in [0.25, 0.3) is 21.8 Å². The normalized spacial score (nSPS) is 14.5. The van der Waals surface area contributed by atoms with E-state index in [2.05, 4.69) is 43.0 Å². The molecule has 0 saturated carbocycles. The highest BCUT2D eigenvalue weighted by atomic mass is 16.6. The SMILES string of the molecule is C.C1CCNC1.COc1cc2c(Nc3ccc(Oc4ccccc4OC)cc3)c(C#N)cnc2cc1OC[C@@H](O)CN1CCCC1.COc1cc2c(Nc3ccc(Oc4ccccc4OC)cc3)c(C#N)cnc2cc1OC[C@@H]1CO1. The van der Waals surface area contributed by atoms with Crippen LogP contribution in [0.1, 0.15) is 44.2 Å². The number of hydrogen-bond donors (Lipinski definition) is 4. The van der Waals surface area contributed by atoms with Crippen LogP contribution in [-0.4, -0.2) is 113 Å². The fraction of sp³-hybridized carbons (Fsp3) is 0.302. The number of rotatable bonds is 20. The second kappa shape index (κ2) is 28.7. The Balaban J connectivity index is 0.000000194. The summed E-state index contributed by atoms with van der Waals surface area (Å²) in [6, 6.07) is 41.4. The lowest BCUT2D eigenvalue weighted by Gasteiger charge is -2.20. The summed E-state index contributed by atoms with van der Waals surface area (Å²) in [5.41, 5.74) is 4.88. The number of para-hydroxylation sites is 4. The van der Waals surface area contributed by atoms with Crippen molar-refractivity contribution in [2.75, 3.05) is 91.6 Å². The Morgan fingerprint density at radius 2 is 1.05 bits per heavy atom. The molecule has 3 aliphatic heterocycles. The molecule has 5 heterocycles. The maximum absolute atomic E-state index is 10.5. The Morgan fingerprint density at radius 1 is 0.605 bits per heavy atom. The number of methoxy groups -OCH3 is 4. The van der Waals surface area contributed by atoms with Crippen LogP contribution in [0.4, 0.5) is 22.7 Å². The molecule has 420 valence electrons. The molecule has 0 spiro atoms. The highest BCUT2D eigenvalue weighted by molar-refractivity contribution is 5.98. The number of ether oxygens (including phenoxy) is 9. The first-order valence-corrected chi connectivity index (χ1v) is 26.4. The standard InChI is InChI=1S/C31H32N4O5.C27H23N3O5.C4H9N.CH4/c1-37-27-7-3-4-8-28(27)40-24-11-9-22(10-12-24)34-31-21(17-32)18-33-26-16-30(29(38-2)15-25(26)31)39-20-23(36)19-35-13-5-6-14-35;1-31-23-5-3-4-6-24(23)35-19-9-7-18(8-10-19)30-27-17(13-28)14-29-22-12-26(34-16-20-15-33-20)25(32-2)11-21(22)27;1-2-4-5-3-1;/h3-4,7-12,15-16,18,23,36H,5-6,13-14,19-20H2,1-2H3,(H,33,34);3-12,14,20H,15-16H2,1-2H3,(H,29,30);5H,1-4H2;1H4/t23-;20-;;/m00../s1. The first kappa shape index (κ1) is 58.1. The number of aliphatic hydroxyl groups excluding tert-OH is 1. The van der Waals surface area contributed by atoms with Crippen LogP contribution in [-0.2, 0) is 4.74 Å². The van der Waals surface area contributed by atoms with Crippen LogP contribution < -0.4 is 53.8 Å². The molecule has 0 aliphatic carbocycles. The Hall–Kier alpha value is -9.04. The minimum atomic E-state index is -0.611. The van der Waals surface area contributed by atoms with E-state index in [0.29, 0.717) is 116 Å². The van der Waals surface area contributed by atoms with Gasteiger partial charge in [-0.2, -0.15) is 10.5 Å². The summed E-state index contributed by atoms with van der Waals surface area (Å²) < 4.78 is 50.8. The molecule has 8 aromatic rings. The zero-order valence-electron chi connectivity index (χ0n) is 45.2. The third-order valence-electron chi connectivity index (χ3n) is 13.3. The number of hydrogen-bond acceptors (Lipinski definition) is 18. The Bertz CT molecular complexity index is 3420. The van der Waals surface area contributed by atoms with Crippen molar-refractivity contribution in [3.8, 4) is 69.6 Å². The molecule has 81 heavy (non-hydrogen) atoms. The molecular formula is C63H68N8O10. The second-order valence-electron chi connectivity index (χ2n) is 18.9. The molecular weight excluding hydrogens is 1030 g/mol. The summed E-state index contributed by atoms with van der Waals surface area (Å²) in [6.07, 6.45) is 7.70. The number of nitrogens with zero attached hydrogens (tertiary/aromatic N) is 5.